The SMILES string of the molecule is N[C@@H]1CCN2CCO[C@@H]1C2. The van der Waals surface area contributed by atoms with Crippen molar-refractivity contribution < 1.29 is 4.74 Å². The highest BCUT2D eigenvalue weighted by Gasteiger charge is 2.30. The molecule has 2 saturated heterocycles. The maximum atomic E-state index is 5.83. The standard InChI is InChI=1S/C7H14N2O/c8-6-1-2-9-3-4-10-7(6)5-9/h6-7H,1-5,8H2/t6-,7-/m1/s1. The fraction of sp³-hybridized carbons (Fsp3) is 1.00. The molecule has 2 rings (SSSR count). The first-order valence-electron chi connectivity index (χ1n) is 3.96. The molecule has 0 saturated carbocycles. The van der Waals surface area contributed by atoms with E-state index < -0.39 is 0 Å². The fourth-order valence-electron chi connectivity index (χ4n) is 1.71. The summed E-state index contributed by atoms with van der Waals surface area (Å²) in [5.74, 6) is 0. The van der Waals surface area contributed by atoms with E-state index in [1.165, 1.54) is 6.54 Å². The molecule has 2 aliphatic heterocycles. The van der Waals surface area contributed by atoms with Crippen LogP contribution in [-0.2, 0) is 4.74 Å². The molecule has 10 heavy (non-hydrogen) atoms. The molecule has 0 amide bonds. The summed E-state index contributed by atoms with van der Waals surface area (Å²) in [5.41, 5.74) is 5.83. The van der Waals surface area contributed by atoms with Crippen LogP contribution in [0.1, 0.15) is 6.42 Å². The molecule has 0 spiro atoms. The van der Waals surface area contributed by atoms with Crippen LogP contribution in [0, 0.1) is 0 Å². The highest BCUT2D eigenvalue weighted by atomic mass is 16.5. The quantitative estimate of drug-likeness (QED) is 0.491. The Bertz CT molecular complexity index is 127. The number of morpholine rings is 1. The van der Waals surface area contributed by atoms with Crippen LogP contribution in [0.5, 0.6) is 0 Å². The van der Waals surface area contributed by atoms with Gasteiger partial charge in [0.2, 0.25) is 0 Å². The molecular formula is C7H14N2O. The average molecular weight is 142 g/mol. The Hall–Kier alpha value is -0.120. The van der Waals surface area contributed by atoms with Crippen LogP contribution in [0.15, 0.2) is 0 Å². The van der Waals surface area contributed by atoms with Gasteiger partial charge in [-0.05, 0) is 13.0 Å². The first kappa shape index (κ1) is 6.58. The zero-order valence-electron chi connectivity index (χ0n) is 6.12. The van der Waals surface area contributed by atoms with Crippen molar-refractivity contribution >= 4 is 0 Å². The molecule has 2 fully saturated rings. The van der Waals surface area contributed by atoms with Crippen molar-refractivity contribution in [3.8, 4) is 0 Å². The van der Waals surface area contributed by atoms with E-state index in [4.69, 9.17) is 10.5 Å². The molecule has 0 aromatic rings. The second kappa shape index (κ2) is 2.49. The maximum Gasteiger partial charge on any atom is 0.0853 e. The van der Waals surface area contributed by atoms with Crippen LogP contribution in [0.3, 0.4) is 0 Å². The van der Waals surface area contributed by atoms with Crippen LogP contribution in [0.2, 0.25) is 0 Å². The smallest absolute Gasteiger partial charge is 0.0853 e. The van der Waals surface area contributed by atoms with Crippen LogP contribution >= 0.6 is 0 Å². The number of hydrogen-bond acceptors (Lipinski definition) is 3. The van der Waals surface area contributed by atoms with E-state index in [-0.39, 0.29) is 6.04 Å². The molecule has 3 nitrogen and oxygen atoms in total. The molecule has 2 aliphatic rings. The number of hydrogen-bond donors (Lipinski definition) is 1. The predicted molar refractivity (Wildman–Crippen MR) is 38.8 cm³/mol. The van der Waals surface area contributed by atoms with Crippen molar-refractivity contribution in [3.63, 3.8) is 0 Å². The van der Waals surface area contributed by atoms with Crippen molar-refractivity contribution in [2.45, 2.75) is 18.6 Å². The van der Waals surface area contributed by atoms with E-state index in [0.717, 1.165) is 26.1 Å². The number of fused-ring (bicyclic) bond motifs is 2. The second-order valence-electron chi connectivity index (χ2n) is 3.16. The van der Waals surface area contributed by atoms with Gasteiger partial charge in [0.25, 0.3) is 0 Å². The Morgan fingerprint density at radius 1 is 1.40 bits per heavy atom. The van der Waals surface area contributed by atoms with E-state index in [0.29, 0.717) is 6.10 Å². The Kier molecular flexibility index (Phi) is 1.64. The van der Waals surface area contributed by atoms with Gasteiger partial charge in [0.1, 0.15) is 0 Å². The molecule has 0 aromatic heterocycles. The normalized spacial score (nSPS) is 47.1. The Balaban J connectivity index is 2.00. The molecule has 0 aliphatic carbocycles. The van der Waals surface area contributed by atoms with Gasteiger partial charge in [-0.1, -0.05) is 0 Å². The van der Waals surface area contributed by atoms with E-state index in [2.05, 4.69) is 4.90 Å². The number of nitrogens with zero attached hydrogens (tertiary/aromatic N) is 1. The molecule has 0 radical (unpaired) electrons. The molecule has 2 bridgehead atoms. The third kappa shape index (κ3) is 1.05. The third-order valence-corrected chi connectivity index (χ3v) is 2.43. The number of nitrogens with two attached hydrogens (primary N) is 1. The minimum atomic E-state index is 0.288. The lowest BCUT2D eigenvalue weighted by atomic mass is 10.0. The van der Waals surface area contributed by atoms with Crippen molar-refractivity contribution in [3.05, 3.63) is 0 Å². The van der Waals surface area contributed by atoms with Gasteiger partial charge in [0.15, 0.2) is 0 Å². The monoisotopic (exact) mass is 142 g/mol. The maximum absolute atomic E-state index is 5.83. The Morgan fingerprint density at radius 3 is 3.10 bits per heavy atom. The van der Waals surface area contributed by atoms with Gasteiger partial charge >= 0.3 is 0 Å². The highest BCUT2D eigenvalue weighted by molar-refractivity contribution is 4.86. The van der Waals surface area contributed by atoms with Crippen LogP contribution < -0.4 is 5.73 Å². The predicted octanol–water partition coefficient (Wildman–Crippen LogP) is -0.582. The van der Waals surface area contributed by atoms with Crippen LogP contribution in [-0.4, -0.2) is 43.3 Å². The summed E-state index contributed by atoms with van der Waals surface area (Å²) in [7, 11) is 0. The lowest BCUT2D eigenvalue weighted by Gasteiger charge is -2.40. The summed E-state index contributed by atoms with van der Waals surface area (Å²) >= 11 is 0. The minimum Gasteiger partial charge on any atom is -0.374 e. The second-order valence-corrected chi connectivity index (χ2v) is 3.16. The van der Waals surface area contributed by atoms with Gasteiger partial charge in [0.05, 0.1) is 12.7 Å². The summed E-state index contributed by atoms with van der Waals surface area (Å²) < 4.78 is 5.49. The van der Waals surface area contributed by atoms with E-state index in [1.807, 2.05) is 0 Å². The van der Waals surface area contributed by atoms with Gasteiger partial charge in [-0.15, -0.1) is 0 Å². The van der Waals surface area contributed by atoms with Crippen molar-refractivity contribution in [1.29, 1.82) is 0 Å². The zero-order chi connectivity index (χ0) is 6.97. The summed E-state index contributed by atoms with van der Waals surface area (Å²) in [6.07, 6.45) is 1.42. The van der Waals surface area contributed by atoms with Gasteiger partial charge in [-0.25, -0.2) is 0 Å². The summed E-state index contributed by atoms with van der Waals surface area (Å²) in [6, 6.07) is 0.288. The van der Waals surface area contributed by atoms with Gasteiger partial charge in [0, 0.05) is 19.1 Å². The van der Waals surface area contributed by atoms with Crippen molar-refractivity contribution in [1.82, 2.24) is 4.90 Å². The largest absolute Gasteiger partial charge is 0.374 e. The van der Waals surface area contributed by atoms with Gasteiger partial charge < -0.3 is 10.5 Å². The Morgan fingerprint density at radius 2 is 2.30 bits per heavy atom. The molecule has 1 unspecified atom stereocenters. The van der Waals surface area contributed by atoms with Crippen LogP contribution in [0.25, 0.3) is 0 Å². The van der Waals surface area contributed by atoms with Gasteiger partial charge in [-0.2, -0.15) is 0 Å². The number of rotatable bonds is 0. The molecule has 3 atom stereocenters. The molecule has 58 valence electrons. The van der Waals surface area contributed by atoms with Crippen molar-refractivity contribution in [2.75, 3.05) is 26.2 Å². The lowest BCUT2D eigenvalue weighted by Crippen LogP contribution is -2.56. The number of ether oxygens (including phenoxy) is 1. The zero-order valence-corrected chi connectivity index (χ0v) is 6.12. The molecule has 3 heteroatoms. The molecule has 2 N–H and O–H groups in total. The minimum absolute atomic E-state index is 0.288. The Labute approximate surface area is 61.1 Å². The van der Waals surface area contributed by atoms with Crippen molar-refractivity contribution in [2.24, 2.45) is 5.73 Å². The van der Waals surface area contributed by atoms with E-state index in [1.54, 1.807) is 0 Å². The first-order valence-corrected chi connectivity index (χ1v) is 3.96. The highest BCUT2D eigenvalue weighted by Crippen LogP contribution is 2.15. The first-order chi connectivity index (χ1) is 4.86. The fourth-order valence-corrected chi connectivity index (χ4v) is 1.71. The topological polar surface area (TPSA) is 38.5 Å². The lowest BCUT2D eigenvalue weighted by molar-refractivity contribution is -0.0646. The third-order valence-electron chi connectivity index (χ3n) is 2.43. The average Bonchev–Trinajstić information content (AvgIpc) is 1.99. The van der Waals surface area contributed by atoms with Crippen LogP contribution in [0.4, 0.5) is 0 Å². The number of piperidine rings is 1. The van der Waals surface area contributed by atoms with E-state index in [9.17, 15) is 0 Å². The molecule has 0 aromatic carbocycles. The van der Waals surface area contributed by atoms with Gasteiger partial charge in [-0.3, -0.25) is 4.90 Å². The van der Waals surface area contributed by atoms with E-state index >= 15 is 0 Å². The summed E-state index contributed by atoms with van der Waals surface area (Å²) in [5, 5.41) is 0. The molecule has 2 heterocycles. The summed E-state index contributed by atoms with van der Waals surface area (Å²) in [6.45, 7) is 4.20. The molecular weight excluding hydrogens is 128 g/mol. The summed E-state index contributed by atoms with van der Waals surface area (Å²) in [4.78, 5) is 2.43.